The second-order valence-corrected chi connectivity index (χ2v) is 6.75. The number of rotatable bonds is 4. The lowest BCUT2D eigenvalue weighted by atomic mass is 10.1. The fourth-order valence-corrected chi connectivity index (χ4v) is 3.25. The Labute approximate surface area is 113 Å². The number of nitrogens with zero attached hydrogens (tertiary/aromatic N) is 1. The summed E-state index contributed by atoms with van der Waals surface area (Å²) in [5, 5.41) is 2.56. The van der Waals surface area contributed by atoms with Gasteiger partial charge in [0.15, 0.2) is 9.84 Å². The Morgan fingerprint density at radius 3 is 2.47 bits per heavy atom. The van der Waals surface area contributed by atoms with Crippen molar-refractivity contribution < 1.29 is 13.2 Å². The monoisotopic (exact) mass is 282 g/mol. The maximum Gasteiger partial charge on any atom is 0.211 e. The van der Waals surface area contributed by atoms with Gasteiger partial charge >= 0.3 is 0 Å². The van der Waals surface area contributed by atoms with Crippen LogP contribution in [0.2, 0.25) is 0 Å². The first-order valence-electron chi connectivity index (χ1n) is 6.31. The van der Waals surface area contributed by atoms with Gasteiger partial charge in [0.2, 0.25) is 6.41 Å². The van der Waals surface area contributed by atoms with E-state index in [0.29, 0.717) is 22.7 Å². The molecule has 0 spiro atoms. The molecule has 19 heavy (non-hydrogen) atoms. The van der Waals surface area contributed by atoms with Crippen molar-refractivity contribution in [2.75, 3.05) is 29.6 Å². The van der Waals surface area contributed by atoms with Crippen molar-refractivity contribution in [2.45, 2.75) is 24.2 Å². The smallest absolute Gasteiger partial charge is 0.211 e. The highest BCUT2D eigenvalue weighted by molar-refractivity contribution is 7.90. The van der Waals surface area contributed by atoms with Crippen LogP contribution in [0.3, 0.4) is 0 Å². The number of sulfone groups is 1. The first kappa shape index (κ1) is 13.9. The SMILES string of the molecule is CS(=O)(=O)c1ccc(NC=O)cc1N1CCCCC1. The van der Waals surface area contributed by atoms with Gasteiger partial charge in [-0.1, -0.05) is 0 Å². The third kappa shape index (κ3) is 3.26. The van der Waals surface area contributed by atoms with Crippen molar-refractivity contribution >= 4 is 27.6 Å². The van der Waals surface area contributed by atoms with Crippen LogP contribution < -0.4 is 10.2 Å². The van der Waals surface area contributed by atoms with E-state index >= 15 is 0 Å². The highest BCUT2D eigenvalue weighted by Gasteiger charge is 2.20. The predicted octanol–water partition coefficient (Wildman–Crippen LogP) is 1.65. The van der Waals surface area contributed by atoms with E-state index in [0.717, 1.165) is 25.9 Å². The minimum atomic E-state index is -3.27. The molecule has 1 N–H and O–H groups in total. The predicted molar refractivity (Wildman–Crippen MR) is 75.3 cm³/mol. The van der Waals surface area contributed by atoms with E-state index in [-0.39, 0.29) is 0 Å². The molecule has 1 aromatic rings. The second-order valence-electron chi connectivity index (χ2n) is 4.76. The van der Waals surface area contributed by atoms with Gasteiger partial charge in [0.05, 0.1) is 10.6 Å². The number of piperidine rings is 1. The van der Waals surface area contributed by atoms with Crippen LogP contribution in [-0.2, 0) is 14.6 Å². The van der Waals surface area contributed by atoms with E-state index in [1.165, 1.54) is 12.7 Å². The molecule has 104 valence electrons. The molecule has 0 unspecified atom stereocenters. The summed E-state index contributed by atoms with van der Waals surface area (Å²) in [6.45, 7) is 1.71. The number of nitrogens with one attached hydrogen (secondary N) is 1. The normalized spacial score (nSPS) is 16.2. The third-order valence-electron chi connectivity index (χ3n) is 3.28. The molecule has 1 fully saturated rings. The molecule has 1 aromatic carbocycles. The van der Waals surface area contributed by atoms with Crippen LogP contribution in [0.15, 0.2) is 23.1 Å². The lowest BCUT2D eigenvalue weighted by Crippen LogP contribution is -2.30. The number of carbonyl (C=O) groups excluding carboxylic acids is 1. The second kappa shape index (κ2) is 5.61. The molecule has 0 aromatic heterocycles. The zero-order valence-corrected chi connectivity index (χ0v) is 11.7. The molecule has 1 aliphatic rings. The Balaban J connectivity index is 2.45. The summed E-state index contributed by atoms with van der Waals surface area (Å²) >= 11 is 0. The molecule has 6 heteroatoms. The third-order valence-corrected chi connectivity index (χ3v) is 4.42. The summed E-state index contributed by atoms with van der Waals surface area (Å²) in [7, 11) is -3.27. The molecule has 1 amide bonds. The number of carbonyl (C=O) groups is 1. The van der Waals surface area contributed by atoms with E-state index in [1.807, 2.05) is 0 Å². The van der Waals surface area contributed by atoms with E-state index in [9.17, 15) is 13.2 Å². The highest BCUT2D eigenvalue weighted by Crippen LogP contribution is 2.30. The Morgan fingerprint density at radius 2 is 1.89 bits per heavy atom. The highest BCUT2D eigenvalue weighted by atomic mass is 32.2. The van der Waals surface area contributed by atoms with Crippen molar-refractivity contribution in [1.29, 1.82) is 0 Å². The fourth-order valence-electron chi connectivity index (χ4n) is 2.37. The zero-order chi connectivity index (χ0) is 13.9. The van der Waals surface area contributed by atoms with Crippen molar-refractivity contribution in [3.05, 3.63) is 18.2 Å². The molecule has 1 saturated heterocycles. The van der Waals surface area contributed by atoms with Gasteiger partial charge in [-0.3, -0.25) is 4.79 Å². The lowest BCUT2D eigenvalue weighted by Gasteiger charge is -2.30. The molecule has 0 bridgehead atoms. The number of benzene rings is 1. The van der Waals surface area contributed by atoms with Crippen LogP contribution >= 0.6 is 0 Å². The van der Waals surface area contributed by atoms with Gasteiger partial charge < -0.3 is 10.2 Å². The molecule has 2 rings (SSSR count). The van der Waals surface area contributed by atoms with E-state index in [2.05, 4.69) is 10.2 Å². The van der Waals surface area contributed by atoms with Crippen LogP contribution in [0.25, 0.3) is 0 Å². The topological polar surface area (TPSA) is 66.5 Å². The summed E-state index contributed by atoms with van der Waals surface area (Å²) in [5.74, 6) is 0. The number of anilines is 2. The van der Waals surface area contributed by atoms with E-state index in [4.69, 9.17) is 0 Å². The van der Waals surface area contributed by atoms with Crippen molar-refractivity contribution in [3.8, 4) is 0 Å². The van der Waals surface area contributed by atoms with Crippen LogP contribution in [0.4, 0.5) is 11.4 Å². The molecule has 5 nitrogen and oxygen atoms in total. The zero-order valence-electron chi connectivity index (χ0n) is 10.9. The van der Waals surface area contributed by atoms with Gasteiger partial charge in [-0.15, -0.1) is 0 Å². The fraction of sp³-hybridized carbons (Fsp3) is 0.462. The standard InChI is InChI=1S/C13H18N2O3S/c1-19(17,18)13-6-5-11(14-10-16)9-12(13)15-7-3-2-4-8-15/h5-6,9-10H,2-4,7-8H2,1H3,(H,14,16). The maximum absolute atomic E-state index is 11.8. The first-order chi connectivity index (χ1) is 9.02. The van der Waals surface area contributed by atoms with Crippen molar-refractivity contribution in [2.24, 2.45) is 0 Å². The summed E-state index contributed by atoms with van der Waals surface area (Å²) in [4.78, 5) is 12.9. The van der Waals surface area contributed by atoms with Crippen LogP contribution in [0.5, 0.6) is 0 Å². The Hall–Kier alpha value is -1.56. The minimum absolute atomic E-state index is 0.325. The van der Waals surface area contributed by atoms with E-state index in [1.54, 1.807) is 18.2 Å². The molecule has 1 heterocycles. The first-order valence-corrected chi connectivity index (χ1v) is 8.21. The quantitative estimate of drug-likeness (QED) is 0.853. The number of amides is 1. The van der Waals surface area contributed by atoms with E-state index < -0.39 is 9.84 Å². The molecule has 0 saturated carbocycles. The average molecular weight is 282 g/mol. The van der Waals surface area contributed by atoms with Gasteiger partial charge in [-0.25, -0.2) is 8.42 Å². The molecule has 1 aliphatic heterocycles. The summed E-state index contributed by atoms with van der Waals surface area (Å²) in [5.41, 5.74) is 1.30. The molecule has 0 aliphatic carbocycles. The van der Waals surface area contributed by atoms with Gasteiger partial charge in [0.25, 0.3) is 0 Å². The Kier molecular flexibility index (Phi) is 4.09. The lowest BCUT2D eigenvalue weighted by molar-refractivity contribution is -0.105. The average Bonchev–Trinajstić information content (AvgIpc) is 2.39. The van der Waals surface area contributed by atoms with Crippen molar-refractivity contribution in [3.63, 3.8) is 0 Å². The van der Waals surface area contributed by atoms with Crippen LogP contribution in [0, 0.1) is 0 Å². The Morgan fingerprint density at radius 1 is 1.21 bits per heavy atom. The molecule has 0 radical (unpaired) electrons. The van der Waals surface area contributed by atoms with Gasteiger partial charge in [-0.05, 0) is 37.5 Å². The molecular weight excluding hydrogens is 264 g/mol. The summed E-state index contributed by atoms with van der Waals surface area (Å²) < 4.78 is 23.7. The Bertz CT molecular complexity index is 563. The van der Waals surface area contributed by atoms with Crippen molar-refractivity contribution in [1.82, 2.24) is 0 Å². The largest absolute Gasteiger partial charge is 0.370 e. The molecule has 0 atom stereocenters. The minimum Gasteiger partial charge on any atom is -0.370 e. The number of hydrogen-bond acceptors (Lipinski definition) is 4. The maximum atomic E-state index is 11.8. The van der Waals surface area contributed by atoms with Crippen LogP contribution in [0.1, 0.15) is 19.3 Å². The number of hydrogen-bond donors (Lipinski definition) is 1. The van der Waals surface area contributed by atoms with Gasteiger partial charge in [-0.2, -0.15) is 0 Å². The summed E-state index contributed by atoms with van der Waals surface area (Å²) in [6.07, 6.45) is 5.11. The van der Waals surface area contributed by atoms with Gasteiger partial charge in [0, 0.05) is 25.0 Å². The van der Waals surface area contributed by atoms with Crippen LogP contribution in [-0.4, -0.2) is 34.2 Å². The molecular formula is C13H18N2O3S. The summed E-state index contributed by atoms with van der Waals surface area (Å²) in [6, 6.07) is 4.90. The van der Waals surface area contributed by atoms with Gasteiger partial charge in [0.1, 0.15) is 0 Å².